The van der Waals surface area contributed by atoms with Gasteiger partial charge in [0.15, 0.2) is 5.82 Å². The zero-order valence-electron chi connectivity index (χ0n) is 41.1. The maximum Gasteiger partial charge on any atom is 0.420 e. The number of piperidine rings is 2. The Morgan fingerprint density at radius 3 is 2.34 bits per heavy atom. The fraction of sp³-hybridized carbons (Fsp3) is 0.434. The number of halogens is 3. The van der Waals surface area contributed by atoms with Crippen molar-refractivity contribution >= 4 is 62.2 Å². The van der Waals surface area contributed by atoms with Crippen LogP contribution in [0.3, 0.4) is 0 Å². The fourth-order valence-electron chi connectivity index (χ4n) is 10.5. The van der Waals surface area contributed by atoms with E-state index in [1.54, 1.807) is 31.7 Å². The van der Waals surface area contributed by atoms with Gasteiger partial charge < -0.3 is 24.0 Å². The molecule has 5 aliphatic rings. The van der Waals surface area contributed by atoms with E-state index in [0.717, 1.165) is 83.6 Å². The first-order chi connectivity index (χ1) is 35.3. The average molecular weight is 1040 g/mol. The summed E-state index contributed by atoms with van der Waals surface area (Å²) in [5.74, 6) is -4.30. The molecule has 17 nitrogen and oxygen atoms in total. The van der Waals surface area contributed by atoms with Gasteiger partial charge in [0.1, 0.15) is 41.1 Å². The highest BCUT2D eigenvalue weighted by Crippen LogP contribution is 2.36. The van der Waals surface area contributed by atoms with Crippen LogP contribution >= 0.6 is 0 Å². The molecular weight excluding hydrogens is 984 g/mol. The molecule has 3 aromatic carbocycles. The van der Waals surface area contributed by atoms with Gasteiger partial charge in [-0.1, -0.05) is 12.1 Å². The SMILES string of the molecule is CC(C)(C)OC(=O)n1cc(C(=O)c2c(F)ccc(NS(=O)(=O)N3CC[C@@H](F)C3)c2F)c2cc(-c3ccc(O[C@@H]4CCC[C@H](OC5CCN(c6ccc7c(c6)CN(C6CCC(=O)NC6=O)C7=O)CC5)C4)cc3)cnc21. The monoisotopic (exact) mass is 1040 g/mol. The standard InChI is InChI=1S/C53H56F3N7O10S/c1-53(2,3)73-52(68)63-29-41(48(65)46-42(55)13-14-43(47(46)56)59-74(69,70)61-22-17-33(54)28-61)40-24-31(26-57-49(40)63)30-7-10-35(11-8-30)71-37-5-4-6-38(25-37)72-36-18-20-60(21-19-36)34-9-12-39-32(23-34)27-62(51(39)67)44-15-16-45(64)58-50(44)66/h7-14,23-24,26,29,33,36-38,44,59H,4-6,15-22,25,27-28H2,1-3H3,(H,58,64,66)/t33-,37-,38+,44?/m1/s1. The minimum Gasteiger partial charge on any atom is -0.490 e. The summed E-state index contributed by atoms with van der Waals surface area (Å²) in [5, 5.41) is 2.41. The van der Waals surface area contributed by atoms with E-state index in [9.17, 15) is 36.8 Å². The minimum absolute atomic E-state index is 0.0192. The van der Waals surface area contributed by atoms with Crippen LogP contribution < -0.4 is 19.7 Å². The largest absolute Gasteiger partial charge is 0.490 e. The van der Waals surface area contributed by atoms with Crippen LogP contribution in [-0.4, -0.2) is 119 Å². The third-order valence-electron chi connectivity index (χ3n) is 14.2. The lowest BCUT2D eigenvalue weighted by Gasteiger charge is -2.37. The number of nitrogens with one attached hydrogen (secondary N) is 2. The molecule has 2 aromatic heterocycles. The van der Waals surface area contributed by atoms with Gasteiger partial charge in [0.25, 0.3) is 5.91 Å². The summed E-state index contributed by atoms with van der Waals surface area (Å²) in [6, 6.07) is 15.5. The molecule has 5 aromatic rings. The number of rotatable bonds is 12. The number of imide groups is 1. The summed E-state index contributed by atoms with van der Waals surface area (Å²) in [6.45, 7) is 6.24. The number of nitrogens with zero attached hydrogens (tertiary/aromatic N) is 5. The van der Waals surface area contributed by atoms with Crippen molar-refractivity contribution in [2.24, 2.45) is 0 Å². The van der Waals surface area contributed by atoms with Crippen LogP contribution in [0.25, 0.3) is 22.2 Å². The van der Waals surface area contributed by atoms with Gasteiger partial charge >= 0.3 is 16.3 Å². The summed E-state index contributed by atoms with van der Waals surface area (Å²) in [6.07, 6.45) is 5.82. The number of carbonyl (C=O) groups is 5. The second-order valence-corrected chi connectivity index (χ2v) is 22.2. The van der Waals surface area contributed by atoms with Gasteiger partial charge in [0.05, 0.1) is 29.0 Å². The molecule has 6 heterocycles. The third kappa shape index (κ3) is 10.5. The Labute approximate surface area is 425 Å². The van der Waals surface area contributed by atoms with Crippen molar-refractivity contribution in [2.45, 2.75) is 121 Å². The number of pyridine rings is 1. The highest BCUT2D eigenvalue weighted by atomic mass is 32.2. The zero-order chi connectivity index (χ0) is 52.2. The number of fused-ring (bicyclic) bond motifs is 2. The first-order valence-corrected chi connectivity index (χ1v) is 26.4. The Kier molecular flexibility index (Phi) is 13.8. The second kappa shape index (κ2) is 20.1. The van der Waals surface area contributed by atoms with Gasteiger partial charge in [-0.05, 0) is 125 Å². The van der Waals surface area contributed by atoms with Gasteiger partial charge in [-0.15, -0.1) is 0 Å². The number of aromatic nitrogens is 2. The normalized spacial score (nSPS) is 22.0. The molecule has 390 valence electrons. The van der Waals surface area contributed by atoms with Crippen molar-refractivity contribution in [1.82, 2.24) is 24.1 Å². The van der Waals surface area contributed by atoms with Gasteiger partial charge in [-0.3, -0.25) is 29.2 Å². The second-order valence-electron chi connectivity index (χ2n) is 20.6. The number of benzene rings is 3. The Bertz CT molecular complexity index is 3170. The van der Waals surface area contributed by atoms with Gasteiger partial charge in [-0.2, -0.15) is 12.7 Å². The molecule has 0 bridgehead atoms. The van der Waals surface area contributed by atoms with Crippen molar-refractivity contribution in [1.29, 1.82) is 0 Å². The first kappa shape index (κ1) is 50.7. The topological polar surface area (TPSA) is 199 Å². The average Bonchev–Trinajstić information content (AvgIpc) is 4.07. The van der Waals surface area contributed by atoms with Gasteiger partial charge in [0.2, 0.25) is 17.6 Å². The Morgan fingerprint density at radius 2 is 1.62 bits per heavy atom. The van der Waals surface area contributed by atoms with E-state index in [-0.39, 0.29) is 66.1 Å². The summed E-state index contributed by atoms with van der Waals surface area (Å²) in [7, 11) is -4.46. The molecule has 1 saturated carbocycles. The van der Waals surface area contributed by atoms with Crippen molar-refractivity contribution in [3.63, 3.8) is 0 Å². The molecule has 4 aliphatic heterocycles. The summed E-state index contributed by atoms with van der Waals surface area (Å²) >= 11 is 0. The number of ether oxygens (including phenoxy) is 3. The number of alkyl halides is 1. The smallest absolute Gasteiger partial charge is 0.420 e. The van der Waals surface area contributed by atoms with Crippen LogP contribution in [0, 0.1) is 11.6 Å². The molecule has 1 aliphatic carbocycles. The molecule has 3 amide bonds. The van der Waals surface area contributed by atoms with Crippen LogP contribution in [-0.2, 0) is 35.8 Å². The third-order valence-corrected chi connectivity index (χ3v) is 15.7. The fourth-order valence-corrected chi connectivity index (χ4v) is 11.8. The summed E-state index contributed by atoms with van der Waals surface area (Å²) in [4.78, 5) is 73.5. The van der Waals surface area contributed by atoms with Crippen LogP contribution in [0.4, 0.5) is 29.3 Å². The predicted molar refractivity (Wildman–Crippen MR) is 266 cm³/mol. The number of hydrogen-bond donors (Lipinski definition) is 2. The number of ketones is 1. The van der Waals surface area contributed by atoms with Crippen LogP contribution in [0.15, 0.2) is 73.1 Å². The lowest BCUT2D eigenvalue weighted by atomic mass is 9.94. The molecule has 3 saturated heterocycles. The van der Waals surface area contributed by atoms with E-state index in [2.05, 4.69) is 15.2 Å². The molecule has 74 heavy (non-hydrogen) atoms. The highest BCUT2D eigenvalue weighted by Gasteiger charge is 2.40. The molecular formula is C53H56F3N7O10S. The van der Waals surface area contributed by atoms with E-state index >= 15 is 8.78 Å². The molecule has 2 N–H and O–H groups in total. The molecule has 21 heteroatoms. The zero-order valence-corrected chi connectivity index (χ0v) is 41.9. The predicted octanol–water partition coefficient (Wildman–Crippen LogP) is 7.83. The lowest BCUT2D eigenvalue weighted by molar-refractivity contribution is -0.136. The number of amides is 3. The maximum atomic E-state index is 16.2. The molecule has 0 radical (unpaired) electrons. The van der Waals surface area contributed by atoms with E-state index in [1.165, 1.54) is 6.20 Å². The van der Waals surface area contributed by atoms with Crippen molar-refractivity contribution in [2.75, 3.05) is 35.8 Å². The first-order valence-electron chi connectivity index (χ1n) is 24.9. The van der Waals surface area contributed by atoms with E-state index in [4.69, 9.17) is 14.2 Å². The quantitative estimate of drug-likeness (QED) is 0.0909. The van der Waals surface area contributed by atoms with E-state index < -0.39 is 75.2 Å². The van der Waals surface area contributed by atoms with Crippen LogP contribution in [0.2, 0.25) is 0 Å². The number of hydrogen-bond acceptors (Lipinski definition) is 12. The molecule has 0 spiro atoms. The van der Waals surface area contributed by atoms with E-state index in [1.807, 2.05) is 47.2 Å². The van der Waals surface area contributed by atoms with Gasteiger partial charge in [0, 0.05) is 80.2 Å². The Balaban J connectivity index is 0.789. The van der Waals surface area contributed by atoms with Crippen LogP contribution in [0.1, 0.15) is 110 Å². The summed E-state index contributed by atoms with van der Waals surface area (Å²) in [5.41, 5.74) is 0.519. The van der Waals surface area contributed by atoms with E-state index in [0.29, 0.717) is 41.8 Å². The van der Waals surface area contributed by atoms with Crippen molar-refractivity contribution < 1.29 is 59.8 Å². The number of anilines is 2. The van der Waals surface area contributed by atoms with Crippen molar-refractivity contribution in [3.8, 4) is 16.9 Å². The minimum atomic E-state index is -4.46. The maximum absolute atomic E-state index is 16.2. The molecule has 1 unspecified atom stereocenters. The number of carbonyl (C=O) groups excluding carboxylic acids is 5. The Morgan fingerprint density at radius 1 is 0.865 bits per heavy atom. The molecule has 4 atom stereocenters. The highest BCUT2D eigenvalue weighted by molar-refractivity contribution is 7.90. The molecule has 10 rings (SSSR count). The summed E-state index contributed by atoms with van der Waals surface area (Å²) < 4.78 is 94.1. The van der Waals surface area contributed by atoms with Crippen molar-refractivity contribution in [3.05, 3.63) is 107 Å². The Hall–Kier alpha value is -6.84. The molecule has 4 fully saturated rings. The lowest BCUT2D eigenvalue weighted by Crippen LogP contribution is -2.52. The van der Waals surface area contributed by atoms with Crippen LogP contribution in [0.5, 0.6) is 5.75 Å². The van der Waals surface area contributed by atoms with Gasteiger partial charge in [-0.25, -0.2) is 27.5 Å².